The molecule has 1 unspecified atom stereocenters. The summed E-state index contributed by atoms with van der Waals surface area (Å²) in [6, 6.07) is 20.5. The second-order valence-corrected chi connectivity index (χ2v) is 9.38. The second-order valence-electron chi connectivity index (χ2n) is 7.61. The standard InChI is InChI=1S/C25H23N3O6S/c29-24(22(15-18-7-2-1-3-8-18)28-25(30)23-12-6-14-34-23)27-19-9-4-11-21(16-19)35(31,32)26-17-20-10-5-13-33-20/h1-14,16,22,26H,15,17H2,(H,27,29)(H,28,30). The van der Waals surface area contributed by atoms with Gasteiger partial charge in [-0.3, -0.25) is 9.59 Å². The molecule has 0 aliphatic heterocycles. The largest absolute Gasteiger partial charge is 0.468 e. The number of carbonyl (C=O) groups is 2. The molecule has 2 aromatic carbocycles. The van der Waals surface area contributed by atoms with Gasteiger partial charge in [-0.15, -0.1) is 0 Å². The zero-order valence-corrected chi connectivity index (χ0v) is 19.3. The molecular formula is C25H23N3O6S. The lowest BCUT2D eigenvalue weighted by atomic mass is 10.0. The summed E-state index contributed by atoms with van der Waals surface area (Å²) < 4.78 is 38.1. The van der Waals surface area contributed by atoms with E-state index in [9.17, 15) is 18.0 Å². The second kappa shape index (κ2) is 10.9. The van der Waals surface area contributed by atoms with Gasteiger partial charge in [-0.05, 0) is 48.0 Å². The normalized spacial score (nSPS) is 12.1. The number of sulfonamides is 1. The third-order valence-electron chi connectivity index (χ3n) is 5.08. The first-order chi connectivity index (χ1) is 16.9. The summed E-state index contributed by atoms with van der Waals surface area (Å²) in [4.78, 5) is 25.6. The van der Waals surface area contributed by atoms with E-state index < -0.39 is 27.9 Å². The van der Waals surface area contributed by atoms with Gasteiger partial charge in [0.05, 0.1) is 24.0 Å². The minimum absolute atomic E-state index is 0.0100. The molecule has 0 fully saturated rings. The molecule has 3 N–H and O–H groups in total. The molecule has 2 amide bonds. The number of hydrogen-bond acceptors (Lipinski definition) is 6. The highest BCUT2D eigenvalue weighted by Gasteiger charge is 2.24. The van der Waals surface area contributed by atoms with Crippen molar-refractivity contribution >= 4 is 27.5 Å². The highest BCUT2D eigenvalue weighted by Crippen LogP contribution is 2.17. The molecule has 2 heterocycles. The van der Waals surface area contributed by atoms with E-state index in [-0.39, 0.29) is 29.3 Å². The van der Waals surface area contributed by atoms with Crippen molar-refractivity contribution in [2.75, 3.05) is 5.32 Å². The van der Waals surface area contributed by atoms with Crippen molar-refractivity contribution < 1.29 is 26.8 Å². The van der Waals surface area contributed by atoms with Crippen LogP contribution >= 0.6 is 0 Å². The molecule has 0 radical (unpaired) electrons. The highest BCUT2D eigenvalue weighted by molar-refractivity contribution is 7.89. The van der Waals surface area contributed by atoms with Gasteiger partial charge in [-0.2, -0.15) is 0 Å². The van der Waals surface area contributed by atoms with E-state index in [4.69, 9.17) is 8.83 Å². The Morgan fingerprint density at radius 2 is 1.63 bits per heavy atom. The van der Waals surface area contributed by atoms with Gasteiger partial charge >= 0.3 is 0 Å². The van der Waals surface area contributed by atoms with Crippen molar-refractivity contribution in [3.63, 3.8) is 0 Å². The number of amides is 2. The molecule has 35 heavy (non-hydrogen) atoms. The molecule has 0 saturated carbocycles. The Hall–Kier alpha value is -4.15. The third kappa shape index (κ3) is 6.46. The van der Waals surface area contributed by atoms with Crippen LogP contribution in [0.15, 0.2) is 105 Å². The summed E-state index contributed by atoms with van der Waals surface area (Å²) >= 11 is 0. The van der Waals surface area contributed by atoms with E-state index in [0.29, 0.717) is 5.76 Å². The van der Waals surface area contributed by atoms with Crippen molar-refractivity contribution in [3.8, 4) is 0 Å². The summed E-state index contributed by atoms with van der Waals surface area (Å²) in [7, 11) is -3.86. The fourth-order valence-electron chi connectivity index (χ4n) is 3.33. The topological polar surface area (TPSA) is 131 Å². The smallest absolute Gasteiger partial charge is 0.287 e. The molecule has 0 aliphatic rings. The van der Waals surface area contributed by atoms with Crippen LogP contribution in [0.1, 0.15) is 21.9 Å². The average Bonchev–Trinajstić information content (AvgIpc) is 3.58. The molecule has 0 spiro atoms. The molecule has 2 aromatic heterocycles. The van der Waals surface area contributed by atoms with Crippen LogP contribution in [0.25, 0.3) is 0 Å². The Bertz CT molecular complexity index is 1370. The molecule has 4 rings (SSSR count). The summed E-state index contributed by atoms with van der Waals surface area (Å²) in [5.74, 6) is -0.503. The quantitative estimate of drug-likeness (QED) is 0.311. The van der Waals surface area contributed by atoms with E-state index in [2.05, 4.69) is 15.4 Å². The molecule has 9 nitrogen and oxygen atoms in total. The summed E-state index contributed by atoms with van der Waals surface area (Å²) in [5, 5.41) is 5.38. The molecule has 0 saturated heterocycles. The third-order valence-corrected chi connectivity index (χ3v) is 6.48. The summed E-state index contributed by atoms with van der Waals surface area (Å²) in [6.45, 7) is -0.0100. The van der Waals surface area contributed by atoms with Gasteiger partial charge in [-0.25, -0.2) is 13.1 Å². The highest BCUT2D eigenvalue weighted by atomic mass is 32.2. The Kier molecular flexibility index (Phi) is 7.44. The maximum atomic E-state index is 13.1. The Balaban J connectivity index is 1.49. The van der Waals surface area contributed by atoms with Crippen LogP contribution in [-0.2, 0) is 27.8 Å². The van der Waals surface area contributed by atoms with Gasteiger partial charge < -0.3 is 19.5 Å². The number of hydrogen-bond donors (Lipinski definition) is 3. The zero-order valence-electron chi connectivity index (χ0n) is 18.5. The number of rotatable bonds is 10. The van der Waals surface area contributed by atoms with Gasteiger partial charge in [-0.1, -0.05) is 36.4 Å². The van der Waals surface area contributed by atoms with Crippen molar-refractivity contribution in [3.05, 3.63) is 108 Å². The van der Waals surface area contributed by atoms with Crippen molar-refractivity contribution in [2.24, 2.45) is 0 Å². The Morgan fingerprint density at radius 1 is 0.857 bits per heavy atom. The lowest BCUT2D eigenvalue weighted by Crippen LogP contribution is -2.45. The number of furan rings is 2. The maximum absolute atomic E-state index is 13.1. The van der Waals surface area contributed by atoms with Crippen LogP contribution in [0, 0.1) is 0 Å². The molecule has 0 bridgehead atoms. The number of carbonyl (C=O) groups excluding carboxylic acids is 2. The van der Waals surface area contributed by atoms with Gasteiger partial charge in [0.1, 0.15) is 11.8 Å². The van der Waals surface area contributed by atoms with Crippen molar-refractivity contribution in [2.45, 2.75) is 23.9 Å². The number of benzene rings is 2. The van der Waals surface area contributed by atoms with E-state index >= 15 is 0 Å². The first kappa shape index (κ1) is 24.0. The van der Waals surface area contributed by atoms with Crippen LogP contribution < -0.4 is 15.4 Å². The Labute approximate surface area is 202 Å². The monoisotopic (exact) mass is 493 g/mol. The summed E-state index contributed by atoms with van der Waals surface area (Å²) in [5.41, 5.74) is 1.10. The lowest BCUT2D eigenvalue weighted by molar-refractivity contribution is -0.118. The van der Waals surface area contributed by atoms with Gasteiger partial charge in [0.15, 0.2) is 5.76 Å². The molecular weight excluding hydrogens is 470 g/mol. The predicted octanol–water partition coefficient (Wildman–Crippen LogP) is 3.33. The van der Waals surface area contributed by atoms with E-state index in [1.165, 1.54) is 36.8 Å². The van der Waals surface area contributed by atoms with Gasteiger partial charge in [0.2, 0.25) is 15.9 Å². The molecule has 180 valence electrons. The fraction of sp³-hybridized carbons (Fsp3) is 0.120. The van der Waals surface area contributed by atoms with Crippen LogP contribution in [0.2, 0.25) is 0 Å². The van der Waals surface area contributed by atoms with E-state index in [1.807, 2.05) is 30.3 Å². The van der Waals surface area contributed by atoms with Crippen LogP contribution in [0.3, 0.4) is 0 Å². The average molecular weight is 494 g/mol. The number of anilines is 1. The van der Waals surface area contributed by atoms with Crippen LogP contribution in [-0.4, -0.2) is 26.3 Å². The van der Waals surface area contributed by atoms with E-state index in [1.54, 1.807) is 24.3 Å². The SMILES string of the molecule is O=C(NC(Cc1ccccc1)C(=O)Nc1cccc(S(=O)(=O)NCc2ccco2)c1)c1ccco1. The lowest BCUT2D eigenvalue weighted by Gasteiger charge is -2.18. The molecule has 10 heteroatoms. The molecule has 4 aromatic rings. The van der Waals surface area contributed by atoms with E-state index in [0.717, 1.165) is 5.56 Å². The minimum atomic E-state index is -3.86. The zero-order chi connectivity index (χ0) is 24.7. The van der Waals surface area contributed by atoms with Crippen LogP contribution in [0.4, 0.5) is 5.69 Å². The first-order valence-electron chi connectivity index (χ1n) is 10.7. The number of nitrogens with one attached hydrogen (secondary N) is 3. The fourth-order valence-corrected chi connectivity index (χ4v) is 4.37. The molecule has 0 aliphatic carbocycles. The van der Waals surface area contributed by atoms with Gasteiger partial charge in [0, 0.05) is 12.1 Å². The summed E-state index contributed by atoms with van der Waals surface area (Å²) in [6.07, 6.45) is 3.05. The van der Waals surface area contributed by atoms with Crippen molar-refractivity contribution in [1.29, 1.82) is 0 Å². The first-order valence-corrected chi connectivity index (χ1v) is 12.2. The van der Waals surface area contributed by atoms with Crippen molar-refractivity contribution in [1.82, 2.24) is 10.0 Å². The predicted molar refractivity (Wildman–Crippen MR) is 128 cm³/mol. The minimum Gasteiger partial charge on any atom is -0.468 e. The Morgan fingerprint density at radius 3 is 2.34 bits per heavy atom. The van der Waals surface area contributed by atoms with Gasteiger partial charge in [0.25, 0.3) is 5.91 Å². The maximum Gasteiger partial charge on any atom is 0.287 e. The molecule has 1 atom stereocenters. The van der Waals surface area contributed by atoms with Crippen LogP contribution in [0.5, 0.6) is 0 Å².